The minimum Gasteiger partial charge on any atom is -0.480 e. The van der Waals surface area contributed by atoms with E-state index in [-0.39, 0.29) is 12.5 Å². The zero-order chi connectivity index (χ0) is 21.2. The van der Waals surface area contributed by atoms with Crippen LogP contribution in [0.1, 0.15) is 37.8 Å². The van der Waals surface area contributed by atoms with Gasteiger partial charge in [-0.15, -0.1) is 0 Å². The average molecular weight is 399 g/mol. The molecule has 0 aromatic heterocycles. The molecule has 2 aromatic carbocycles. The summed E-state index contributed by atoms with van der Waals surface area (Å²) >= 11 is 0. The third-order valence-electron chi connectivity index (χ3n) is 4.63. The van der Waals surface area contributed by atoms with Gasteiger partial charge >= 0.3 is 12.1 Å². The highest BCUT2D eigenvalue weighted by molar-refractivity contribution is 5.80. The molecule has 2 aromatic rings. The van der Waals surface area contributed by atoms with Crippen LogP contribution in [0.2, 0.25) is 0 Å². The number of benzene rings is 2. The molecule has 1 aliphatic carbocycles. The fraction of sp³-hybridized carbons (Fsp3) is 0.364. The van der Waals surface area contributed by atoms with Crippen LogP contribution in [0.5, 0.6) is 0 Å². The minimum atomic E-state index is -1.56. The van der Waals surface area contributed by atoms with E-state index < -0.39 is 30.3 Å². The number of hydrogen-bond acceptors (Lipinski definition) is 5. The Hall–Kier alpha value is -2.90. The number of nitrogens with zero attached hydrogens (tertiary/aromatic N) is 1. The van der Waals surface area contributed by atoms with E-state index in [1.165, 1.54) is 0 Å². The lowest BCUT2D eigenvalue weighted by Gasteiger charge is -2.32. The lowest BCUT2D eigenvalue weighted by molar-refractivity contribution is -0.232. The van der Waals surface area contributed by atoms with E-state index in [1.807, 2.05) is 48.5 Å². The normalized spacial score (nSPS) is 14.1. The Bertz CT molecular complexity index is 859. The van der Waals surface area contributed by atoms with Gasteiger partial charge in [0.1, 0.15) is 6.61 Å². The third kappa shape index (κ3) is 4.41. The van der Waals surface area contributed by atoms with Crippen molar-refractivity contribution in [3.8, 4) is 11.1 Å². The zero-order valence-electron chi connectivity index (χ0n) is 16.7. The maximum Gasteiger partial charge on any atom is 0.434 e. The van der Waals surface area contributed by atoms with Crippen LogP contribution in [-0.4, -0.2) is 52.2 Å². The summed E-state index contributed by atoms with van der Waals surface area (Å²) in [5.41, 5.74) is 3.41. The van der Waals surface area contributed by atoms with Gasteiger partial charge in [-0.25, -0.2) is 9.59 Å². The number of ether oxygens (including phenoxy) is 1. The van der Waals surface area contributed by atoms with Crippen molar-refractivity contribution in [2.45, 2.75) is 38.3 Å². The summed E-state index contributed by atoms with van der Waals surface area (Å²) in [5.74, 6) is -1.55. The van der Waals surface area contributed by atoms with E-state index >= 15 is 0 Å². The van der Waals surface area contributed by atoms with Crippen molar-refractivity contribution >= 4 is 12.1 Å². The van der Waals surface area contributed by atoms with Crippen LogP contribution in [0, 0.1) is 0 Å². The molecule has 154 valence electrons. The zero-order valence-corrected chi connectivity index (χ0v) is 16.7. The van der Waals surface area contributed by atoms with Crippen LogP contribution in [-0.2, 0) is 14.4 Å². The molecule has 0 saturated heterocycles. The third-order valence-corrected chi connectivity index (χ3v) is 4.63. The molecule has 1 amide bonds. The molecule has 1 aliphatic rings. The first kappa shape index (κ1) is 20.8. The number of fused-ring (bicyclic) bond motifs is 3. The monoisotopic (exact) mass is 399 g/mol. The van der Waals surface area contributed by atoms with E-state index in [1.54, 1.807) is 20.8 Å². The molecule has 2 N–H and O–H groups in total. The van der Waals surface area contributed by atoms with Crippen molar-refractivity contribution in [1.29, 1.82) is 0 Å². The summed E-state index contributed by atoms with van der Waals surface area (Å²) in [5, 5.41) is 19.4. The van der Waals surface area contributed by atoms with Crippen LogP contribution in [0.4, 0.5) is 4.79 Å². The molecule has 0 heterocycles. The first-order valence-electron chi connectivity index (χ1n) is 9.40. The summed E-state index contributed by atoms with van der Waals surface area (Å²) in [4.78, 5) is 29.7. The van der Waals surface area contributed by atoms with Crippen LogP contribution < -0.4 is 0 Å². The summed E-state index contributed by atoms with van der Waals surface area (Å²) in [6, 6.07) is 14.2. The second-order valence-electron chi connectivity index (χ2n) is 7.87. The molecule has 0 fully saturated rings. The summed E-state index contributed by atoms with van der Waals surface area (Å²) in [6.07, 6.45) is -0.955. The Balaban J connectivity index is 1.82. The number of hydroxylamine groups is 2. The molecule has 0 radical (unpaired) electrons. The number of aliphatic hydroxyl groups excluding tert-OH is 1. The predicted molar refractivity (Wildman–Crippen MR) is 106 cm³/mol. The number of rotatable bonds is 6. The largest absolute Gasteiger partial charge is 0.480 e. The van der Waals surface area contributed by atoms with Crippen LogP contribution in [0.15, 0.2) is 48.5 Å². The van der Waals surface area contributed by atoms with E-state index in [2.05, 4.69) is 0 Å². The number of carboxylic acids is 1. The Morgan fingerprint density at radius 1 is 1.03 bits per heavy atom. The number of carbonyl (C=O) groups is 2. The van der Waals surface area contributed by atoms with Gasteiger partial charge in [-0.1, -0.05) is 48.5 Å². The van der Waals surface area contributed by atoms with Crippen molar-refractivity contribution in [2.24, 2.45) is 0 Å². The van der Waals surface area contributed by atoms with Gasteiger partial charge < -0.3 is 14.9 Å². The lowest BCUT2D eigenvalue weighted by atomic mass is 9.98. The van der Waals surface area contributed by atoms with E-state index in [9.17, 15) is 19.8 Å². The van der Waals surface area contributed by atoms with E-state index in [4.69, 9.17) is 9.57 Å². The molecule has 29 heavy (non-hydrogen) atoms. The number of hydrogen-bond donors (Lipinski definition) is 2. The summed E-state index contributed by atoms with van der Waals surface area (Å²) in [6.45, 7) is 4.25. The molecule has 1 atom stereocenters. The van der Waals surface area contributed by atoms with Crippen LogP contribution >= 0.6 is 0 Å². The van der Waals surface area contributed by atoms with Crippen molar-refractivity contribution in [2.75, 3.05) is 13.2 Å². The average Bonchev–Trinajstić information content (AvgIpc) is 2.98. The van der Waals surface area contributed by atoms with Crippen molar-refractivity contribution in [3.63, 3.8) is 0 Å². The first-order chi connectivity index (χ1) is 13.7. The fourth-order valence-corrected chi connectivity index (χ4v) is 3.43. The Morgan fingerprint density at radius 3 is 2.00 bits per heavy atom. The molecule has 3 rings (SSSR count). The maximum atomic E-state index is 12.7. The molecule has 7 nitrogen and oxygen atoms in total. The van der Waals surface area contributed by atoms with Crippen molar-refractivity contribution in [3.05, 3.63) is 59.7 Å². The number of carboxylic acid groups (broad SMARTS) is 1. The van der Waals surface area contributed by atoms with Gasteiger partial charge in [0.05, 0.1) is 12.2 Å². The van der Waals surface area contributed by atoms with Crippen LogP contribution in [0.3, 0.4) is 0 Å². The van der Waals surface area contributed by atoms with Gasteiger partial charge in [0.2, 0.25) is 0 Å². The molecule has 0 unspecified atom stereocenters. The summed E-state index contributed by atoms with van der Waals surface area (Å²) < 4.78 is 5.47. The molecule has 0 aliphatic heterocycles. The second kappa shape index (κ2) is 8.23. The van der Waals surface area contributed by atoms with Gasteiger partial charge in [-0.3, -0.25) is 4.84 Å². The van der Waals surface area contributed by atoms with E-state index in [0.29, 0.717) is 5.06 Å². The first-order valence-corrected chi connectivity index (χ1v) is 9.40. The number of carbonyl (C=O) groups excluding carboxylic acids is 1. The van der Waals surface area contributed by atoms with Crippen molar-refractivity contribution < 1.29 is 29.4 Å². The molecule has 7 heteroatoms. The summed E-state index contributed by atoms with van der Waals surface area (Å²) in [7, 11) is 0. The Kier molecular flexibility index (Phi) is 5.91. The topological polar surface area (TPSA) is 96.3 Å². The highest BCUT2D eigenvalue weighted by Crippen LogP contribution is 2.44. The second-order valence-corrected chi connectivity index (χ2v) is 7.87. The predicted octanol–water partition coefficient (Wildman–Crippen LogP) is 3.41. The van der Waals surface area contributed by atoms with Gasteiger partial charge in [-0.2, -0.15) is 5.06 Å². The number of aliphatic carboxylic acids is 1. The van der Waals surface area contributed by atoms with Gasteiger partial charge in [-0.05, 0) is 43.0 Å². The SMILES string of the molecule is CC(C)(C)ON(C(=O)OCC1c2ccccc2-c2ccccc21)[C@@H](CO)C(=O)O. The lowest BCUT2D eigenvalue weighted by Crippen LogP contribution is -2.50. The number of amides is 1. The Morgan fingerprint density at radius 2 is 1.55 bits per heavy atom. The van der Waals surface area contributed by atoms with Gasteiger partial charge in [0, 0.05) is 5.92 Å². The smallest absolute Gasteiger partial charge is 0.434 e. The quantitative estimate of drug-likeness (QED) is 0.723. The number of aliphatic hydroxyl groups is 1. The standard InChI is InChI=1S/C22H25NO6/c1-22(2,3)29-23(19(12-24)20(25)26)21(27)28-13-18-16-10-6-4-8-14(16)15-9-5-7-11-17(15)18/h4-11,18-19,24H,12-13H2,1-3H3,(H,25,26)/t19-/m0/s1. The Labute approximate surface area is 169 Å². The molecule has 0 bridgehead atoms. The van der Waals surface area contributed by atoms with Crippen LogP contribution in [0.25, 0.3) is 11.1 Å². The van der Waals surface area contributed by atoms with Crippen molar-refractivity contribution in [1.82, 2.24) is 5.06 Å². The molecule has 0 spiro atoms. The highest BCUT2D eigenvalue weighted by atomic mass is 16.7. The molecular formula is C22H25NO6. The van der Waals surface area contributed by atoms with E-state index in [0.717, 1.165) is 22.3 Å². The molecular weight excluding hydrogens is 374 g/mol. The van der Waals surface area contributed by atoms with Gasteiger partial charge in [0.15, 0.2) is 6.04 Å². The maximum absolute atomic E-state index is 12.7. The molecule has 0 saturated carbocycles. The minimum absolute atomic E-state index is 0.0225. The highest BCUT2D eigenvalue weighted by Gasteiger charge is 2.36. The van der Waals surface area contributed by atoms with Gasteiger partial charge in [0.25, 0.3) is 0 Å². The fourth-order valence-electron chi connectivity index (χ4n) is 3.43.